The van der Waals surface area contributed by atoms with Crippen molar-refractivity contribution in [2.45, 2.75) is 24.4 Å². The van der Waals surface area contributed by atoms with Crippen molar-refractivity contribution in [2.75, 3.05) is 0 Å². The number of benzene rings is 2. The van der Waals surface area contributed by atoms with E-state index in [1.165, 1.54) is 16.2 Å². The summed E-state index contributed by atoms with van der Waals surface area (Å²) in [6, 6.07) is 22.6. The van der Waals surface area contributed by atoms with Crippen molar-refractivity contribution in [3.8, 4) is 0 Å². The Morgan fingerprint density at radius 1 is 0.914 bits per heavy atom. The second-order valence-corrected chi connectivity index (χ2v) is 9.26. The fourth-order valence-electron chi connectivity index (χ4n) is 4.20. The van der Waals surface area contributed by atoms with Gasteiger partial charge >= 0.3 is 0 Å². The quantitative estimate of drug-likeness (QED) is 0.350. The third kappa shape index (κ3) is 3.79. The maximum Gasteiger partial charge on any atom is 0.263 e. The molecule has 0 amide bonds. The van der Waals surface area contributed by atoms with Gasteiger partial charge in [0.2, 0.25) is 5.78 Å². The summed E-state index contributed by atoms with van der Waals surface area (Å²) in [6.45, 7) is 2.36. The second-order valence-electron chi connectivity index (χ2n) is 8.32. The van der Waals surface area contributed by atoms with Crippen LogP contribution in [-0.2, 0) is 12.3 Å². The third-order valence-electron chi connectivity index (χ3n) is 5.89. The number of thioether (sulfide) groups is 1. The van der Waals surface area contributed by atoms with E-state index in [9.17, 15) is 9.59 Å². The molecule has 4 aromatic heterocycles. The zero-order valence-corrected chi connectivity index (χ0v) is 19.6. The summed E-state index contributed by atoms with van der Waals surface area (Å²) in [4.78, 5) is 30.6. The van der Waals surface area contributed by atoms with Crippen LogP contribution in [0.5, 0.6) is 0 Å². The lowest BCUT2D eigenvalue weighted by molar-refractivity contribution is 0.764. The molecule has 6 aromatic rings. The van der Waals surface area contributed by atoms with Gasteiger partial charge in [-0.2, -0.15) is 0 Å². The lowest BCUT2D eigenvalue weighted by Crippen LogP contribution is -2.24. The Labute approximate surface area is 203 Å². The third-order valence-corrected chi connectivity index (χ3v) is 6.85. The summed E-state index contributed by atoms with van der Waals surface area (Å²) < 4.78 is 5.09. The Hall–Kier alpha value is -4.24. The van der Waals surface area contributed by atoms with Gasteiger partial charge in [-0.25, -0.2) is 4.98 Å². The molecule has 0 fully saturated rings. The molecule has 6 rings (SSSR count). The molecule has 0 radical (unpaired) electrons. The molecule has 172 valence electrons. The van der Waals surface area contributed by atoms with E-state index in [1.807, 2.05) is 78.1 Å². The number of aromatic nitrogens is 6. The maximum atomic E-state index is 13.4. The van der Waals surface area contributed by atoms with Gasteiger partial charge < -0.3 is 0 Å². The first-order chi connectivity index (χ1) is 17.1. The zero-order valence-electron chi connectivity index (χ0n) is 18.8. The van der Waals surface area contributed by atoms with Crippen molar-refractivity contribution in [1.29, 1.82) is 0 Å². The van der Waals surface area contributed by atoms with Crippen LogP contribution in [0, 0.1) is 6.92 Å². The molecule has 8 nitrogen and oxygen atoms in total. The fourth-order valence-corrected chi connectivity index (χ4v) is 5.03. The Bertz CT molecular complexity index is 1840. The van der Waals surface area contributed by atoms with Crippen LogP contribution < -0.4 is 11.1 Å². The molecular formula is C26H20N6O2S. The average molecular weight is 481 g/mol. The first-order valence-corrected chi connectivity index (χ1v) is 12.1. The van der Waals surface area contributed by atoms with Crippen molar-refractivity contribution in [3.63, 3.8) is 0 Å². The van der Waals surface area contributed by atoms with E-state index in [2.05, 4.69) is 15.2 Å². The highest BCUT2D eigenvalue weighted by atomic mass is 32.2. The zero-order chi connectivity index (χ0) is 23.9. The molecule has 0 bridgehead atoms. The molecule has 0 N–H and O–H groups in total. The van der Waals surface area contributed by atoms with Crippen molar-refractivity contribution in [3.05, 3.63) is 117 Å². The summed E-state index contributed by atoms with van der Waals surface area (Å²) in [7, 11) is 0. The van der Waals surface area contributed by atoms with E-state index in [0.717, 1.165) is 16.6 Å². The minimum Gasteiger partial charge on any atom is -0.272 e. The minimum atomic E-state index is -0.126. The number of rotatable bonds is 5. The van der Waals surface area contributed by atoms with Crippen LogP contribution in [0.1, 0.15) is 16.8 Å². The largest absolute Gasteiger partial charge is 0.272 e. The number of nitrogens with zero attached hydrogens (tertiary/aromatic N) is 6. The smallest absolute Gasteiger partial charge is 0.263 e. The van der Waals surface area contributed by atoms with E-state index in [-0.39, 0.29) is 11.1 Å². The summed E-state index contributed by atoms with van der Waals surface area (Å²) in [5.41, 5.74) is 3.81. The van der Waals surface area contributed by atoms with Crippen molar-refractivity contribution in [1.82, 2.24) is 28.5 Å². The topological polar surface area (TPSA) is 86.6 Å². The molecule has 0 aliphatic heterocycles. The van der Waals surface area contributed by atoms with Crippen LogP contribution in [-0.4, -0.2) is 28.5 Å². The van der Waals surface area contributed by atoms with Gasteiger partial charge in [0.05, 0.1) is 23.1 Å². The van der Waals surface area contributed by atoms with Crippen LogP contribution in [0.25, 0.3) is 22.3 Å². The molecular weight excluding hydrogens is 460 g/mol. The van der Waals surface area contributed by atoms with Crippen LogP contribution >= 0.6 is 11.8 Å². The minimum absolute atomic E-state index is 0.111. The standard InChI is InChI=1S/C26H20N6O2S/c1-17-11-12-30-22(13-17)27-19(14-23(30)33)16-35-26-29-28-25-31(15-18-7-3-2-4-8-18)24(34)20-9-5-6-10-21(20)32(25)26/h2-14H,15-16H2,1H3. The predicted octanol–water partition coefficient (Wildman–Crippen LogP) is 3.70. The SMILES string of the molecule is Cc1ccn2c(=O)cc(CSc3nnc4n(Cc5ccccc5)c(=O)c5ccccc5n34)nc2c1. The van der Waals surface area contributed by atoms with Gasteiger partial charge in [-0.05, 0) is 42.3 Å². The summed E-state index contributed by atoms with van der Waals surface area (Å²) in [5.74, 6) is 0.911. The average Bonchev–Trinajstić information content (AvgIpc) is 3.30. The first-order valence-electron chi connectivity index (χ1n) is 11.1. The lowest BCUT2D eigenvalue weighted by atomic mass is 10.2. The molecule has 0 aliphatic rings. The van der Waals surface area contributed by atoms with Crippen LogP contribution in [0.2, 0.25) is 0 Å². The molecule has 4 heterocycles. The lowest BCUT2D eigenvalue weighted by Gasteiger charge is -2.11. The molecule has 0 aliphatic carbocycles. The van der Waals surface area contributed by atoms with Crippen LogP contribution in [0.15, 0.2) is 93.7 Å². The molecule has 0 unspecified atom stereocenters. The molecule has 9 heteroatoms. The molecule has 35 heavy (non-hydrogen) atoms. The van der Waals surface area contributed by atoms with Crippen molar-refractivity contribution < 1.29 is 0 Å². The second kappa shape index (κ2) is 8.52. The van der Waals surface area contributed by atoms with E-state index < -0.39 is 0 Å². The Kier molecular flexibility index (Phi) is 5.18. The Morgan fingerprint density at radius 3 is 2.57 bits per heavy atom. The van der Waals surface area contributed by atoms with Gasteiger partial charge in [0.15, 0.2) is 5.16 Å². The van der Waals surface area contributed by atoms with Crippen molar-refractivity contribution in [2.24, 2.45) is 0 Å². The van der Waals surface area contributed by atoms with Gasteiger partial charge in [0, 0.05) is 18.0 Å². The first kappa shape index (κ1) is 21.3. The summed E-state index contributed by atoms with van der Waals surface area (Å²) in [6.07, 6.45) is 1.74. The molecule has 0 spiro atoms. The van der Waals surface area contributed by atoms with E-state index in [0.29, 0.717) is 40.0 Å². The van der Waals surface area contributed by atoms with Gasteiger partial charge in [-0.1, -0.05) is 54.2 Å². The highest BCUT2D eigenvalue weighted by molar-refractivity contribution is 7.98. The predicted molar refractivity (Wildman–Crippen MR) is 136 cm³/mol. The number of hydrogen-bond acceptors (Lipinski definition) is 6. The normalized spacial score (nSPS) is 11.6. The van der Waals surface area contributed by atoms with E-state index >= 15 is 0 Å². The van der Waals surface area contributed by atoms with Gasteiger partial charge in [-0.15, -0.1) is 10.2 Å². The summed E-state index contributed by atoms with van der Waals surface area (Å²) in [5, 5.41) is 10.0. The monoisotopic (exact) mass is 480 g/mol. The Balaban J connectivity index is 1.44. The highest BCUT2D eigenvalue weighted by Gasteiger charge is 2.17. The number of para-hydroxylation sites is 1. The van der Waals surface area contributed by atoms with Crippen LogP contribution in [0.3, 0.4) is 0 Å². The van der Waals surface area contributed by atoms with Gasteiger partial charge in [0.25, 0.3) is 11.1 Å². The molecule has 0 saturated carbocycles. The Morgan fingerprint density at radius 2 is 1.71 bits per heavy atom. The molecule has 2 aromatic carbocycles. The maximum absolute atomic E-state index is 13.4. The van der Waals surface area contributed by atoms with E-state index in [4.69, 9.17) is 0 Å². The summed E-state index contributed by atoms with van der Waals surface area (Å²) >= 11 is 1.43. The van der Waals surface area contributed by atoms with E-state index in [1.54, 1.807) is 16.8 Å². The van der Waals surface area contributed by atoms with Gasteiger partial charge in [-0.3, -0.25) is 23.0 Å². The number of pyridine rings is 1. The highest BCUT2D eigenvalue weighted by Crippen LogP contribution is 2.24. The number of hydrogen-bond donors (Lipinski definition) is 0. The molecule has 0 saturated heterocycles. The molecule has 0 atom stereocenters. The van der Waals surface area contributed by atoms with Crippen LogP contribution in [0.4, 0.5) is 0 Å². The van der Waals surface area contributed by atoms with Crippen molar-refractivity contribution >= 4 is 34.1 Å². The number of aryl methyl sites for hydroxylation is 1. The number of fused-ring (bicyclic) bond motifs is 4. The fraction of sp³-hybridized carbons (Fsp3) is 0.115. The van der Waals surface area contributed by atoms with Gasteiger partial charge in [0.1, 0.15) is 5.65 Å².